The van der Waals surface area contributed by atoms with Gasteiger partial charge in [0.25, 0.3) is 0 Å². The number of fused-ring (bicyclic) bond motifs is 2. The van der Waals surface area contributed by atoms with Gasteiger partial charge in [-0.3, -0.25) is 0 Å². The first kappa shape index (κ1) is 17.2. The van der Waals surface area contributed by atoms with Crippen molar-refractivity contribution in [3.8, 4) is 11.1 Å². The molecule has 0 bridgehead atoms. The summed E-state index contributed by atoms with van der Waals surface area (Å²) in [6.07, 6.45) is 0. The fourth-order valence-corrected chi connectivity index (χ4v) is 4.13. The molecule has 1 heterocycles. The fraction of sp³-hybridized carbons (Fsp3) is 0.273. The van der Waals surface area contributed by atoms with Gasteiger partial charge in [0.15, 0.2) is 0 Å². The second kappa shape index (κ2) is 6.70. The molecule has 1 aliphatic heterocycles. The number of halogens is 1. The Labute approximate surface area is 155 Å². The SMILES string of the molecule is CC[N+]1(CC)Cc2cc3ccccc3c(-c3ccccc3)c2C1.[Br-]. The first-order valence-electron chi connectivity index (χ1n) is 8.70. The van der Waals surface area contributed by atoms with E-state index in [4.69, 9.17) is 0 Å². The van der Waals surface area contributed by atoms with Crippen molar-refractivity contribution >= 4 is 10.8 Å². The molecule has 4 rings (SSSR count). The average Bonchev–Trinajstić information content (AvgIpc) is 2.99. The van der Waals surface area contributed by atoms with Crippen LogP contribution < -0.4 is 17.0 Å². The largest absolute Gasteiger partial charge is 1.00 e. The summed E-state index contributed by atoms with van der Waals surface area (Å²) in [5.41, 5.74) is 5.93. The molecule has 2 heteroatoms. The maximum Gasteiger partial charge on any atom is 0.106 e. The van der Waals surface area contributed by atoms with Crippen molar-refractivity contribution in [3.63, 3.8) is 0 Å². The minimum atomic E-state index is 0. The Morgan fingerprint density at radius 3 is 2.21 bits per heavy atom. The molecule has 1 aliphatic rings. The van der Waals surface area contributed by atoms with Crippen LogP contribution in [0.2, 0.25) is 0 Å². The number of hydrogen-bond acceptors (Lipinski definition) is 0. The van der Waals surface area contributed by atoms with Crippen molar-refractivity contribution in [3.05, 3.63) is 71.8 Å². The molecule has 0 spiro atoms. The quantitative estimate of drug-likeness (QED) is 0.611. The third-order valence-electron chi connectivity index (χ3n) is 5.65. The highest BCUT2D eigenvalue weighted by Crippen LogP contribution is 2.41. The Balaban J connectivity index is 0.00000169. The lowest BCUT2D eigenvalue weighted by Crippen LogP contribution is -3.00. The van der Waals surface area contributed by atoms with Gasteiger partial charge >= 0.3 is 0 Å². The van der Waals surface area contributed by atoms with Gasteiger partial charge in [0.05, 0.1) is 13.1 Å². The van der Waals surface area contributed by atoms with E-state index in [9.17, 15) is 0 Å². The van der Waals surface area contributed by atoms with Gasteiger partial charge in [0.1, 0.15) is 13.1 Å². The molecule has 1 nitrogen and oxygen atoms in total. The molecule has 0 aliphatic carbocycles. The maximum absolute atomic E-state index is 2.43. The summed E-state index contributed by atoms with van der Waals surface area (Å²) in [4.78, 5) is 0. The zero-order valence-electron chi connectivity index (χ0n) is 14.4. The molecule has 0 N–H and O–H groups in total. The molecule has 24 heavy (non-hydrogen) atoms. The van der Waals surface area contributed by atoms with Gasteiger partial charge in [0, 0.05) is 11.1 Å². The molecule has 0 unspecified atom stereocenters. The molecule has 0 fully saturated rings. The minimum absolute atomic E-state index is 0. The van der Waals surface area contributed by atoms with Crippen molar-refractivity contribution < 1.29 is 21.5 Å². The van der Waals surface area contributed by atoms with Crippen LogP contribution in [0.15, 0.2) is 60.7 Å². The number of benzene rings is 3. The number of hydrogen-bond donors (Lipinski definition) is 0. The van der Waals surface area contributed by atoms with Crippen LogP contribution in [0.25, 0.3) is 21.9 Å². The van der Waals surface area contributed by atoms with Crippen molar-refractivity contribution in [2.24, 2.45) is 0 Å². The van der Waals surface area contributed by atoms with E-state index in [1.54, 1.807) is 11.1 Å². The predicted molar refractivity (Wildman–Crippen MR) is 98.1 cm³/mol. The molecule has 0 aromatic heterocycles. The van der Waals surface area contributed by atoms with Crippen LogP contribution in [0.4, 0.5) is 0 Å². The molecule has 0 atom stereocenters. The number of quaternary nitrogens is 1. The molecule has 3 aromatic carbocycles. The van der Waals surface area contributed by atoms with Gasteiger partial charge in [-0.25, -0.2) is 0 Å². The van der Waals surface area contributed by atoms with Gasteiger partial charge in [-0.2, -0.15) is 0 Å². The lowest BCUT2D eigenvalue weighted by molar-refractivity contribution is -0.944. The first-order chi connectivity index (χ1) is 11.3. The first-order valence-corrected chi connectivity index (χ1v) is 8.70. The summed E-state index contributed by atoms with van der Waals surface area (Å²) in [7, 11) is 0. The summed E-state index contributed by atoms with van der Waals surface area (Å²) in [5.74, 6) is 0. The summed E-state index contributed by atoms with van der Waals surface area (Å²) >= 11 is 0. The highest BCUT2D eigenvalue weighted by atomic mass is 79.9. The monoisotopic (exact) mass is 381 g/mol. The van der Waals surface area contributed by atoms with E-state index in [2.05, 4.69) is 74.5 Å². The summed E-state index contributed by atoms with van der Waals surface area (Å²) in [6.45, 7) is 9.41. The highest BCUT2D eigenvalue weighted by Gasteiger charge is 2.35. The van der Waals surface area contributed by atoms with E-state index >= 15 is 0 Å². The van der Waals surface area contributed by atoms with Crippen LogP contribution in [0, 0.1) is 0 Å². The van der Waals surface area contributed by atoms with Gasteiger partial charge in [0.2, 0.25) is 0 Å². The Kier molecular flexibility index (Phi) is 4.80. The summed E-state index contributed by atoms with van der Waals surface area (Å²) in [6, 6.07) is 22.2. The molecule has 0 radical (unpaired) electrons. The normalized spacial score (nSPS) is 15.1. The van der Waals surface area contributed by atoms with Crippen LogP contribution >= 0.6 is 0 Å². The van der Waals surface area contributed by atoms with Crippen LogP contribution in [0.3, 0.4) is 0 Å². The van der Waals surface area contributed by atoms with Crippen LogP contribution in [-0.4, -0.2) is 17.6 Å². The van der Waals surface area contributed by atoms with E-state index in [1.165, 1.54) is 46.0 Å². The fourth-order valence-electron chi connectivity index (χ4n) is 4.13. The Bertz CT molecular complexity index is 850. The van der Waals surface area contributed by atoms with Crippen LogP contribution in [0.1, 0.15) is 25.0 Å². The highest BCUT2D eigenvalue weighted by molar-refractivity contribution is 5.99. The molecule has 0 saturated heterocycles. The van der Waals surface area contributed by atoms with Gasteiger partial charge in [-0.1, -0.05) is 54.6 Å². The molecular weight excluding hydrogens is 358 g/mol. The molecule has 3 aromatic rings. The zero-order chi connectivity index (χ0) is 15.9. The number of rotatable bonds is 3. The standard InChI is InChI=1S/C22H24N.BrH/c1-3-23(4-2)15-19-14-18-12-8-9-13-20(18)22(21(19)16-23)17-10-6-5-7-11-17;/h5-14H,3-4,15-16H2,1-2H3;1H/q+1;/p-1. The average molecular weight is 382 g/mol. The molecular formula is C22H24BrN. The van der Waals surface area contributed by atoms with E-state index in [0.717, 1.165) is 6.54 Å². The molecule has 0 amide bonds. The summed E-state index contributed by atoms with van der Waals surface area (Å²) in [5, 5.41) is 2.77. The number of nitrogens with zero attached hydrogens (tertiary/aromatic N) is 1. The zero-order valence-corrected chi connectivity index (χ0v) is 16.0. The molecule has 0 saturated carbocycles. The smallest absolute Gasteiger partial charge is 0.106 e. The van der Waals surface area contributed by atoms with E-state index in [-0.39, 0.29) is 17.0 Å². The third kappa shape index (κ3) is 2.68. The molecule has 124 valence electrons. The summed E-state index contributed by atoms with van der Waals surface area (Å²) < 4.78 is 1.19. The second-order valence-electron chi connectivity index (χ2n) is 6.77. The van der Waals surface area contributed by atoms with Gasteiger partial charge < -0.3 is 21.5 Å². The second-order valence-corrected chi connectivity index (χ2v) is 6.77. The Morgan fingerprint density at radius 2 is 1.50 bits per heavy atom. The van der Waals surface area contributed by atoms with E-state index < -0.39 is 0 Å². The third-order valence-corrected chi connectivity index (χ3v) is 5.65. The van der Waals surface area contributed by atoms with Crippen molar-refractivity contribution in [1.29, 1.82) is 0 Å². The topological polar surface area (TPSA) is 0 Å². The van der Waals surface area contributed by atoms with E-state index in [0.29, 0.717) is 0 Å². The maximum atomic E-state index is 2.43. The van der Waals surface area contributed by atoms with Crippen LogP contribution in [0.5, 0.6) is 0 Å². The van der Waals surface area contributed by atoms with E-state index in [1.807, 2.05) is 0 Å². The lowest BCUT2D eigenvalue weighted by Gasteiger charge is -2.31. The van der Waals surface area contributed by atoms with Crippen molar-refractivity contribution in [1.82, 2.24) is 0 Å². The van der Waals surface area contributed by atoms with Crippen LogP contribution in [-0.2, 0) is 13.1 Å². The Hall–Kier alpha value is -1.64. The minimum Gasteiger partial charge on any atom is -1.00 e. The van der Waals surface area contributed by atoms with Crippen molar-refractivity contribution in [2.75, 3.05) is 13.1 Å². The predicted octanol–water partition coefficient (Wildman–Crippen LogP) is 2.38. The van der Waals surface area contributed by atoms with Crippen molar-refractivity contribution in [2.45, 2.75) is 26.9 Å². The lowest BCUT2D eigenvalue weighted by atomic mass is 9.91. The van der Waals surface area contributed by atoms with Gasteiger partial charge in [-0.05, 0) is 41.8 Å². The Morgan fingerprint density at radius 1 is 0.833 bits per heavy atom. The van der Waals surface area contributed by atoms with Gasteiger partial charge in [-0.15, -0.1) is 0 Å².